The molecule has 0 aromatic heterocycles. The number of nitrogens with one attached hydrogen (secondary N) is 1. The summed E-state index contributed by atoms with van der Waals surface area (Å²) in [4.78, 5) is 12.7. The smallest absolute Gasteiger partial charge is 0.256 e. The van der Waals surface area contributed by atoms with Crippen LogP contribution in [-0.4, -0.2) is 26.7 Å². The Morgan fingerprint density at radius 3 is 2.42 bits per heavy atom. The summed E-state index contributed by atoms with van der Waals surface area (Å²) in [5, 5.41) is 2.90. The van der Waals surface area contributed by atoms with E-state index >= 15 is 0 Å². The molecule has 0 bridgehead atoms. The predicted molar refractivity (Wildman–Crippen MR) is 102 cm³/mol. The zero-order chi connectivity index (χ0) is 17.5. The number of ether oxygens (including phenoxy) is 3. The van der Waals surface area contributed by atoms with Crippen LogP contribution in [-0.2, 0) is 0 Å². The number of halogens is 1. The van der Waals surface area contributed by atoms with Crippen LogP contribution in [0.5, 0.6) is 17.2 Å². The van der Waals surface area contributed by atoms with Crippen molar-refractivity contribution in [2.45, 2.75) is 13.3 Å². The second kappa shape index (κ2) is 8.77. The van der Waals surface area contributed by atoms with Gasteiger partial charge in [0.1, 0.15) is 5.75 Å². The molecule has 0 saturated heterocycles. The Bertz CT molecular complexity index is 718. The molecule has 0 spiro atoms. The summed E-state index contributed by atoms with van der Waals surface area (Å²) in [6.45, 7) is 2.63. The molecule has 0 heterocycles. The van der Waals surface area contributed by atoms with Crippen molar-refractivity contribution in [1.82, 2.24) is 0 Å². The zero-order valence-corrected chi connectivity index (χ0v) is 16.0. The molecule has 0 aliphatic carbocycles. The lowest BCUT2D eigenvalue weighted by molar-refractivity contribution is 0.102. The van der Waals surface area contributed by atoms with Crippen molar-refractivity contribution in [2.75, 3.05) is 26.1 Å². The van der Waals surface area contributed by atoms with Crippen LogP contribution >= 0.6 is 22.6 Å². The van der Waals surface area contributed by atoms with Crippen molar-refractivity contribution < 1.29 is 19.0 Å². The highest BCUT2D eigenvalue weighted by molar-refractivity contribution is 14.1. The van der Waals surface area contributed by atoms with Crippen LogP contribution in [0.3, 0.4) is 0 Å². The van der Waals surface area contributed by atoms with Crippen LogP contribution in [0.2, 0.25) is 0 Å². The average molecular weight is 441 g/mol. The van der Waals surface area contributed by atoms with E-state index in [1.54, 1.807) is 26.4 Å². The fraction of sp³-hybridized carbons (Fsp3) is 0.278. The van der Waals surface area contributed by atoms with E-state index in [-0.39, 0.29) is 5.91 Å². The molecule has 2 aromatic carbocycles. The number of anilines is 1. The molecule has 24 heavy (non-hydrogen) atoms. The summed E-state index contributed by atoms with van der Waals surface area (Å²) in [6, 6.07) is 10.8. The topological polar surface area (TPSA) is 56.8 Å². The molecule has 128 valence electrons. The number of benzene rings is 2. The van der Waals surface area contributed by atoms with Gasteiger partial charge in [0.05, 0.1) is 32.1 Å². The first-order chi connectivity index (χ1) is 11.6. The quantitative estimate of drug-likeness (QED) is 0.650. The Kier molecular flexibility index (Phi) is 6.72. The van der Waals surface area contributed by atoms with Crippen molar-refractivity contribution in [3.05, 3.63) is 45.5 Å². The number of para-hydroxylation sites is 2. The third kappa shape index (κ3) is 4.31. The molecule has 1 N–H and O–H groups in total. The summed E-state index contributed by atoms with van der Waals surface area (Å²) in [6.07, 6.45) is 0.899. The van der Waals surface area contributed by atoms with Crippen LogP contribution in [0, 0.1) is 3.57 Å². The molecule has 0 fully saturated rings. The van der Waals surface area contributed by atoms with E-state index < -0.39 is 0 Å². The number of rotatable bonds is 7. The van der Waals surface area contributed by atoms with Gasteiger partial charge in [-0.1, -0.05) is 19.1 Å². The molecule has 1 amide bonds. The van der Waals surface area contributed by atoms with Gasteiger partial charge in [-0.3, -0.25) is 4.79 Å². The van der Waals surface area contributed by atoms with Gasteiger partial charge in [0, 0.05) is 3.57 Å². The fourth-order valence-corrected chi connectivity index (χ4v) is 2.81. The van der Waals surface area contributed by atoms with Gasteiger partial charge in [0.2, 0.25) is 0 Å². The van der Waals surface area contributed by atoms with E-state index in [0.717, 1.165) is 9.99 Å². The lowest BCUT2D eigenvalue weighted by Gasteiger charge is -2.14. The Morgan fingerprint density at radius 1 is 1.08 bits per heavy atom. The molecule has 5 nitrogen and oxygen atoms in total. The largest absolute Gasteiger partial charge is 0.493 e. The zero-order valence-electron chi connectivity index (χ0n) is 13.9. The molecule has 0 atom stereocenters. The van der Waals surface area contributed by atoms with Crippen molar-refractivity contribution in [3.8, 4) is 17.2 Å². The van der Waals surface area contributed by atoms with Crippen molar-refractivity contribution in [2.24, 2.45) is 0 Å². The average Bonchev–Trinajstić information content (AvgIpc) is 2.60. The maximum Gasteiger partial charge on any atom is 0.256 e. The van der Waals surface area contributed by atoms with Crippen molar-refractivity contribution in [3.63, 3.8) is 0 Å². The van der Waals surface area contributed by atoms with E-state index in [9.17, 15) is 4.79 Å². The summed E-state index contributed by atoms with van der Waals surface area (Å²) in [5.74, 6) is 1.53. The number of methoxy groups -OCH3 is 2. The van der Waals surface area contributed by atoms with Crippen LogP contribution < -0.4 is 19.5 Å². The molecule has 0 aliphatic heterocycles. The second-order valence-corrected chi connectivity index (χ2v) is 6.15. The first-order valence-electron chi connectivity index (χ1n) is 7.55. The van der Waals surface area contributed by atoms with Gasteiger partial charge >= 0.3 is 0 Å². The lowest BCUT2D eigenvalue weighted by atomic mass is 10.1. The van der Waals surface area contributed by atoms with Gasteiger partial charge in [-0.05, 0) is 53.3 Å². The van der Waals surface area contributed by atoms with Crippen LogP contribution in [0.1, 0.15) is 23.7 Å². The number of hydrogen-bond acceptors (Lipinski definition) is 4. The summed E-state index contributed by atoms with van der Waals surface area (Å²) < 4.78 is 17.0. The van der Waals surface area contributed by atoms with Crippen LogP contribution in [0.4, 0.5) is 5.69 Å². The van der Waals surface area contributed by atoms with Gasteiger partial charge in [0.25, 0.3) is 5.91 Å². The molecule has 2 aromatic rings. The molecule has 6 heteroatoms. The predicted octanol–water partition coefficient (Wildman–Crippen LogP) is 4.35. The van der Waals surface area contributed by atoms with E-state index in [1.807, 2.05) is 31.2 Å². The maximum atomic E-state index is 12.7. The minimum atomic E-state index is -0.229. The third-order valence-corrected chi connectivity index (χ3v) is 4.21. The molecule has 0 radical (unpaired) electrons. The minimum absolute atomic E-state index is 0.229. The highest BCUT2D eigenvalue weighted by atomic mass is 127. The molecule has 0 unspecified atom stereocenters. The van der Waals surface area contributed by atoms with E-state index in [4.69, 9.17) is 14.2 Å². The third-order valence-electron chi connectivity index (χ3n) is 3.31. The first-order valence-corrected chi connectivity index (χ1v) is 8.63. The Balaban J connectivity index is 2.27. The molecular formula is C18H20INO4. The number of hydrogen-bond donors (Lipinski definition) is 1. The first kappa shape index (κ1) is 18.4. The van der Waals surface area contributed by atoms with Gasteiger partial charge in [-0.25, -0.2) is 0 Å². The van der Waals surface area contributed by atoms with Crippen molar-refractivity contribution >= 4 is 34.2 Å². The molecular weight excluding hydrogens is 421 g/mol. The normalized spacial score (nSPS) is 10.2. The van der Waals surface area contributed by atoms with E-state index in [1.165, 1.54) is 0 Å². The standard InChI is InChI=1S/C18H20INO4/c1-4-9-24-15-8-6-5-7-14(15)20-18(21)12-10-16(22-2)17(23-3)11-13(12)19/h5-8,10-11H,4,9H2,1-3H3,(H,20,21). The monoisotopic (exact) mass is 441 g/mol. The van der Waals surface area contributed by atoms with Crippen LogP contribution in [0.15, 0.2) is 36.4 Å². The van der Waals surface area contributed by atoms with Gasteiger partial charge in [-0.15, -0.1) is 0 Å². The van der Waals surface area contributed by atoms with E-state index in [0.29, 0.717) is 35.1 Å². The summed E-state index contributed by atoms with van der Waals surface area (Å²) >= 11 is 2.10. The number of carbonyl (C=O) groups is 1. The number of carbonyl (C=O) groups excluding carboxylic acids is 1. The lowest BCUT2D eigenvalue weighted by Crippen LogP contribution is -2.15. The maximum absolute atomic E-state index is 12.7. The molecule has 0 aliphatic rings. The van der Waals surface area contributed by atoms with Crippen LogP contribution in [0.25, 0.3) is 0 Å². The van der Waals surface area contributed by atoms with Gasteiger partial charge in [-0.2, -0.15) is 0 Å². The molecule has 2 rings (SSSR count). The van der Waals surface area contributed by atoms with Crippen molar-refractivity contribution in [1.29, 1.82) is 0 Å². The van der Waals surface area contributed by atoms with Gasteiger partial charge in [0.15, 0.2) is 11.5 Å². The highest BCUT2D eigenvalue weighted by Crippen LogP contribution is 2.32. The molecule has 0 saturated carbocycles. The summed E-state index contributed by atoms with van der Waals surface area (Å²) in [5.41, 5.74) is 1.15. The highest BCUT2D eigenvalue weighted by Gasteiger charge is 2.17. The fourth-order valence-electron chi connectivity index (χ4n) is 2.13. The Hall–Kier alpha value is -1.96. The summed E-state index contributed by atoms with van der Waals surface area (Å²) in [7, 11) is 3.11. The SMILES string of the molecule is CCCOc1ccccc1NC(=O)c1cc(OC)c(OC)cc1I. The second-order valence-electron chi connectivity index (χ2n) is 4.99. The van der Waals surface area contributed by atoms with Gasteiger partial charge < -0.3 is 19.5 Å². The van der Waals surface area contributed by atoms with E-state index in [2.05, 4.69) is 27.9 Å². The minimum Gasteiger partial charge on any atom is -0.493 e. The Labute approximate surface area is 155 Å². The Morgan fingerprint density at radius 2 is 1.75 bits per heavy atom. The number of amides is 1.